The molecule has 22 heavy (non-hydrogen) atoms. The molecule has 112 valence electrons. The Morgan fingerprint density at radius 2 is 2.05 bits per heavy atom. The average Bonchev–Trinajstić information content (AvgIpc) is 3.01. The first-order valence-corrected chi connectivity index (χ1v) is 7.64. The summed E-state index contributed by atoms with van der Waals surface area (Å²) in [5.74, 6) is 1.27. The Labute approximate surface area is 134 Å². The lowest BCUT2D eigenvalue weighted by Crippen LogP contribution is -2.37. The minimum Gasteiger partial charge on any atom is -0.378 e. The summed E-state index contributed by atoms with van der Waals surface area (Å²) in [6, 6.07) is 3.78. The standard InChI is InChI=1S/C13H12BrN7O/c14-10-8-21(19-18-10)13-16-9-2-1-3-15-11(9)12(17-13)20-4-6-22-7-5-20/h1-3,8H,4-7H2. The van der Waals surface area contributed by atoms with E-state index in [1.54, 1.807) is 17.1 Å². The van der Waals surface area contributed by atoms with E-state index in [0.717, 1.165) is 29.9 Å². The number of halogens is 1. The highest BCUT2D eigenvalue weighted by Gasteiger charge is 2.19. The molecule has 1 saturated heterocycles. The fraction of sp³-hybridized carbons (Fsp3) is 0.308. The van der Waals surface area contributed by atoms with Gasteiger partial charge in [-0.15, -0.1) is 5.10 Å². The molecule has 1 fully saturated rings. The highest BCUT2D eigenvalue weighted by molar-refractivity contribution is 9.10. The number of nitrogens with zero attached hydrogens (tertiary/aromatic N) is 7. The van der Waals surface area contributed by atoms with Crippen molar-refractivity contribution in [3.63, 3.8) is 0 Å². The summed E-state index contributed by atoms with van der Waals surface area (Å²) in [4.78, 5) is 15.8. The summed E-state index contributed by atoms with van der Waals surface area (Å²) in [6.45, 7) is 2.93. The zero-order valence-corrected chi connectivity index (χ0v) is 13.1. The summed E-state index contributed by atoms with van der Waals surface area (Å²) >= 11 is 3.29. The molecule has 1 aliphatic heterocycles. The first-order chi connectivity index (χ1) is 10.8. The van der Waals surface area contributed by atoms with Crippen molar-refractivity contribution in [2.45, 2.75) is 0 Å². The molecule has 0 amide bonds. The van der Waals surface area contributed by atoms with E-state index >= 15 is 0 Å². The maximum Gasteiger partial charge on any atom is 0.254 e. The molecule has 0 radical (unpaired) electrons. The van der Waals surface area contributed by atoms with Crippen molar-refractivity contribution in [2.24, 2.45) is 0 Å². The monoisotopic (exact) mass is 361 g/mol. The Morgan fingerprint density at radius 3 is 2.82 bits per heavy atom. The molecule has 0 aliphatic carbocycles. The lowest BCUT2D eigenvalue weighted by molar-refractivity contribution is 0.122. The van der Waals surface area contributed by atoms with Crippen molar-refractivity contribution in [3.8, 4) is 5.95 Å². The molecular formula is C13H12BrN7O. The number of morpholine rings is 1. The second-order valence-electron chi connectivity index (χ2n) is 4.80. The van der Waals surface area contributed by atoms with Gasteiger partial charge in [-0.3, -0.25) is 4.98 Å². The summed E-state index contributed by atoms with van der Waals surface area (Å²) < 4.78 is 7.59. The van der Waals surface area contributed by atoms with Crippen LogP contribution in [0.25, 0.3) is 17.0 Å². The van der Waals surface area contributed by atoms with Crippen molar-refractivity contribution >= 4 is 32.8 Å². The van der Waals surface area contributed by atoms with Crippen molar-refractivity contribution in [3.05, 3.63) is 29.1 Å². The van der Waals surface area contributed by atoms with Gasteiger partial charge in [0.15, 0.2) is 5.82 Å². The molecule has 0 bridgehead atoms. The Kier molecular flexibility index (Phi) is 3.43. The van der Waals surface area contributed by atoms with Gasteiger partial charge < -0.3 is 9.64 Å². The molecule has 1 aliphatic rings. The van der Waals surface area contributed by atoms with Crippen molar-refractivity contribution in [1.82, 2.24) is 29.9 Å². The number of hydrogen-bond donors (Lipinski definition) is 0. The molecule has 4 rings (SSSR count). The molecular weight excluding hydrogens is 350 g/mol. The third-order valence-corrected chi connectivity index (χ3v) is 3.77. The van der Waals surface area contributed by atoms with Crippen LogP contribution in [0, 0.1) is 0 Å². The Balaban J connectivity index is 1.88. The molecule has 0 aromatic carbocycles. The topological polar surface area (TPSA) is 81.9 Å². The maximum atomic E-state index is 5.41. The molecule has 0 saturated carbocycles. The molecule has 0 atom stereocenters. The van der Waals surface area contributed by atoms with Gasteiger partial charge in [0.1, 0.15) is 10.1 Å². The van der Waals surface area contributed by atoms with Gasteiger partial charge >= 0.3 is 0 Å². The number of hydrogen-bond acceptors (Lipinski definition) is 7. The largest absolute Gasteiger partial charge is 0.378 e. The quantitative estimate of drug-likeness (QED) is 0.678. The van der Waals surface area contributed by atoms with E-state index in [9.17, 15) is 0 Å². The van der Waals surface area contributed by atoms with Crippen LogP contribution in [0.15, 0.2) is 29.1 Å². The average molecular weight is 362 g/mol. The van der Waals surface area contributed by atoms with E-state index in [0.29, 0.717) is 23.8 Å². The van der Waals surface area contributed by atoms with Crippen molar-refractivity contribution in [2.75, 3.05) is 31.2 Å². The third kappa shape index (κ3) is 2.42. The SMILES string of the molecule is Brc1cn(-c2nc(N3CCOCC3)c3ncccc3n2)nn1. The zero-order chi connectivity index (χ0) is 14.9. The fourth-order valence-electron chi connectivity index (χ4n) is 2.38. The second-order valence-corrected chi connectivity index (χ2v) is 5.62. The van der Waals surface area contributed by atoms with Gasteiger partial charge in [-0.25, -0.2) is 4.98 Å². The van der Waals surface area contributed by atoms with Crippen LogP contribution >= 0.6 is 15.9 Å². The lowest BCUT2D eigenvalue weighted by Gasteiger charge is -2.28. The molecule has 3 aromatic heterocycles. The predicted molar refractivity (Wildman–Crippen MR) is 83.0 cm³/mol. The molecule has 4 heterocycles. The number of fused-ring (bicyclic) bond motifs is 1. The van der Waals surface area contributed by atoms with Gasteiger partial charge in [-0.2, -0.15) is 9.67 Å². The number of rotatable bonds is 2. The van der Waals surface area contributed by atoms with E-state index < -0.39 is 0 Å². The van der Waals surface area contributed by atoms with Gasteiger partial charge in [-0.1, -0.05) is 5.21 Å². The third-order valence-electron chi connectivity index (χ3n) is 3.41. The van der Waals surface area contributed by atoms with E-state index in [2.05, 4.69) is 46.1 Å². The van der Waals surface area contributed by atoms with Crippen LogP contribution in [0.2, 0.25) is 0 Å². The normalized spacial score (nSPS) is 15.4. The second kappa shape index (κ2) is 5.58. The van der Waals surface area contributed by atoms with E-state index in [-0.39, 0.29) is 0 Å². The van der Waals surface area contributed by atoms with Crippen molar-refractivity contribution in [1.29, 1.82) is 0 Å². The highest BCUT2D eigenvalue weighted by atomic mass is 79.9. The van der Waals surface area contributed by atoms with Crippen LogP contribution in [0.4, 0.5) is 5.82 Å². The summed E-state index contributed by atoms with van der Waals surface area (Å²) in [6.07, 6.45) is 3.47. The van der Waals surface area contributed by atoms with Crippen LogP contribution < -0.4 is 4.90 Å². The van der Waals surface area contributed by atoms with Crippen LogP contribution in [0.5, 0.6) is 0 Å². The highest BCUT2D eigenvalue weighted by Crippen LogP contribution is 2.23. The predicted octanol–water partition coefficient (Wildman–Crippen LogP) is 1.20. The van der Waals surface area contributed by atoms with E-state index in [1.807, 2.05) is 12.1 Å². The Bertz CT molecular complexity index is 815. The zero-order valence-electron chi connectivity index (χ0n) is 11.6. The molecule has 9 heteroatoms. The number of aromatic nitrogens is 6. The minimum atomic E-state index is 0.472. The lowest BCUT2D eigenvalue weighted by atomic mass is 10.3. The number of anilines is 1. The van der Waals surface area contributed by atoms with Gasteiger partial charge in [0.2, 0.25) is 0 Å². The van der Waals surface area contributed by atoms with Crippen LogP contribution in [0.1, 0.15) is 0 Å². The van der Waals surface area contributed by atoms with Crippen molar-refractivity contribution < 1.29 is 4.74 Å². The fourth-order valence-corrected chi connectivity index (χ4v) is 2.64. The maximum absolute atomic E-state index is 5.41. The van der Waals surface area contributed by atoms with Gasteiger partial charge in [0.25, 0.3) is 5.95 Å². The molecule has 0 unspecified atom stereocenters. The van der Waals surface area contributed by atoms with E-state index in [4.69, 9.17) is 4.74 Å². The van der Waals surface area contributed by atoms with Crippen LogP contribution in [0.3, 0.4) is 0 Å². The smallest absolute Gasteiger partial charge is 0.254 e. The molecule has 3 aromatic rings. The first-order valence-electron chi connectivity index (χ1n) is 6.85. The minimum absolute atomic E-state index is 0.472. The first kappa shape index (κ1) is 13.5. The van der Waals surface area contributed by atoms with Gasteiger partial charge in [0.05, 0.1) is 24.9 Å². The van der Waals surface area contributed by atoms with Gasteiger partial charge in [0, 0.05) is 19.3 Å². The number of ether oxygens (including phenoxy) is 1. The van der Waals surface area contributed by atoms with Gasteiger partial charge in [-0.05, 0) is 28.1 Å². The molecule has 0 N–H and O–H groups in total. The van der Waals surface area contributed by atoms with Crippen LogP contribution in [-0.2, 0) is 4.74 Å². The van der Waals surface area contributed by atoms with Crippen LogP contribution in [-0.4, -0.2) is 56.2 Å². The Morgan fingerprint density at radius 1 is 1.18 bits per heavy atom. The summed E-state index contributed by atoms with van der Waals surface area (Å²) in [7, 11) is 0. The molecule has 0 spiro atoms. The Hall–Kier alpha value is -2.13. The summed E-state index contributed by atoms with van der Waals surface area (Å²) in [5, 5.41) is 7.93. The number of pyridine rings is 1. The molecule has 8 nitrogen and oxygen atoms in total. The summed E-state index contributed by atoms with van der Waals surface area (Å²) in [5.41, 5.74) is 1.56. The van der Waals surface area contributed by atoms with E-state index in [1.165, 1.54) is 0 Å².